The molecule has 60 valence electrons. The minimum absolute atomic E-state index is 0.892. The Morgan fingerprint density at radius 2 is 1.30 bits per heavy atom. The Hall–Kier alpha value is 1.87. The third-order valence-corrected chi connectivity index (χ3v) is 14.7. The molecule has 1 rings (SSSR count). The molecule has 0 N–H and O–H groups in total. The Morgan fingerprint density at radius 3 is 1.60 bits per heavy atom. The summed E-state index contributed by atoms with van der Waals surface area (Å²) in [6, 6.07) is 5.69. The first kappa shape index (κ1) is 9.96. The van der Waals surface area contributed by atoms with Crippen molar-refractivity contribution in [1.82, 2.24) is 0 Å². The first-order chi connectivity index (χ1) is 4.41. The zero-order valence-electron chi connectivity index (χ0n) is 5.96. The molecule has 0 aromatic carbocycles. The molecule has 1 heterocycles. The number of hydrogen-bond acceptors (Lipinski definition) is 0. The van der Waals surface area contributed by atoms with E-state index in [0.717, 1.165) is 0 Å². The molecule has 0 aliphatic carbocycles. The molecular formula is C5H11Br3Si2. The van der Waals surface area contributed by atoms with Gasteiger partial charge in [-0.3, -0.25) is 0 Å². The lowest BCUT2D eigenvalue weighted by Gasteiger charge is -2.31. The van der Waals surface area contributed by atoms with E-state index in [4.69, 9.17) is 0 Å². The Balaban J connectivity index is 2.46. The zero-order chi connectivity index (χ0) is 7.83. The predicted octanol–water partition coefficient (Wildman–Crippen LogP) is 4.20. The van der Waals surface area contributed by atoms with Crippen LogP contribution in [0.4, 0.5) is 0 Å². The first-order valence-electron chi connectivity index (χ1n) is 3.48. The van der Waals surface area contributed by atoms with Gasteiger partial charge >= 0.3 is 0 Å². The first-order valence-corrected chi connectivity index (χ1v) is 15.6. The molecule has 0 aromatic rings. The van der Waals surface area contributed by atoms with Crippen molar-refractivity contribution in [1.29, 1.82) is 0 Å². The molecule has 0 aromatic heterocycles. The Bertz CT molecular complexity index is 107. The topological polar surface area (TPSA) is 0 Å². The van der Waals surface area contributed by atoms with Gasteiger partial charge in [0.1, 0.15) is 6.69 Å². The normalized spacial score (nSPS) is 30.0. The van der Waals surface area contributed by atoms with Gasteiger partial charge in [-0.2, -0.15) is 0 Å². The van der Waals surface area contributed by atoms with Crippen LogP contribution in [0.2, 0.25) is 30.7 Å². The van der Waals surface area contributed by atoms with Gasteiger partial charge in [-0.05, 0) is 24.2 Å². The summed E-state index contributed by atoms with van der Waals surface area (Å²) < 4.78 is 0. The highest BCUT2D eigenvalue weighted by Gasteiger charge is 2.38. The van der Waals surface area contributed by atoms with Crippen LogP contribution in [0, 0.1) is 0 Å². The van der Waals surface area contributed by atoms with Crippen molar-refractivity contribution in [2.45, 2.75) is 30.7 Å². The van der Waals surface area contributed by atoms with Crippen molar-refractivity contribution in [2.75, 3.05) is 0 Å². The number of rotatable bonds is 0. The molecule has 0 atom stereocenters. The second-order valence-corrected chi connectivity index (χ2v) is 27.9. The maximum Gasteiger partial charge on any atom is 0.200 e. The molecular weight excluding hydrogens is 356 g/mol. The van der Waals surface area contributed by atoms with Crippen LogP contribution < -0.4 is 0 Å². The summed E-state index contributed by atoms with van der Waals surface area (Å²) in [4.78, 5) is 0. The smallest absolute Gasteiger partial charge is 0.127 e. The monoisotopic (exact) mass is 364 g/mol. The van der Waals surface area contributed by atoms with E-state index in [9.17, 15) is 0 Å². The molecule has 0 unspecified atom stereocenters. The van der Waals surface area contributed by atoms with Gasteiger partial charge < -0.3 is 0 Å². The van der Waals surface area contributed by atoms with Gasteiger partial charge in [0.2, 0.25) is 5.31 Å². The Labute approximate surface area is 87.9 Å². The molecule has 1 aliphatic heterocycles. The third-order valence-electron chi connectivity index (χ3n) is 2.02. The molecule has 0 nitrogen and oxygen atoms in total. The van der Waals surface area contributed by atoms with Crippen LogP contribution in [-0.2, 0) is 0 Å². The lowest BCUT2D eigenvalue weighted by Crippen LogP contribution is -2.34. The molecule has 5 heteroatoms. The van der Waals surface area contributed by atoms with Crippen LogP contribution in [0.5, 0.6) is 0 Å². The van der Waals surface area contributed by atoms with Gasteiger partial charge in [-0.25, -0.2) is 0 Å². The zero-order valence-corrected chi connectivity index (χ0v) is 12.7. The van der Waals surface area contributed by atoms with Gasteiger partial charge in [0.15, 0.2) is 0 Å². The molecule has 0 radical (unpaired) electrons. The molecule has 0 saturated carbocycles. The maximum absolute atomic E-state index is 3.86. The lowest BCUT2D eigenvalue weighted by atomic mass is 10.9. The van der Waals surface area contributed by atoms with Crippen LogP contribution in [0.1, 0.15) is 0 Å². The molecule has 0 spiro atoms. The lowest BCUT2D eigenvalue weighted by molar-refractivity contribution is 1.20. The average molecular weight is 367 g/mol. The second-order valence-electron chi connectivity index (χ2n) is 3.27. The average Bonchev–Trinajstić information content (AvgIpc) is 1.79. The largest absolute Gasteiger partial charge is 0.200 e. The van der Waals surface area contributed by atoms with E-state index in [1.165, 1.54) is 24.2 Å². The highest BCUT2D eigenvalue weighted by Crippen LogP contribution is 2.44. The van der Waals surface area contributed by atoms with E-state index in [-0.39, 0.29) is 0 Å². The fraction of sp³-hybridized carbons (Fsp3) is 1.00. The van der Waals surface area contributed by atoms with Crippen molar-refractivity contribution >= 4 is 57.9 Å². The molecule has 1 fully saturated rings. The van der Waals surface area contributed by atoms with Gasteiger partial charge in [-0.15, -0.1) is 45.9 Å². The van der Waals surface area contributed by atoms with Gasteiger partial charge in [0.25, 0.3) is 0 Å². The summed E-state index contributed by atoms with van der Waals surface area (Å²) in [5, 5.41) is -1.05. The van der Waals surface area contributed by atoms with Crippen LogP contribution >= 0.6 is 45.9 Å². The fourth-order valence-corrected chi connectivity index (χ4v) is 19.4. The van der Waals surface area contributed by atoms with E-state index >= 15 is 0 Å². The molecule has 10 heavy (non-hydrogen) atoms. The highest BCUT2D eigenvalue weighted by molar-refractivity contribution is 9.51. The van der Waals surface area contributed by atoms with Crippen molar-refractivity contribution in [3.05, 3.63) is 0 Å². The molecule has 0 amide bonds. The summed E-state index contributed by atoms with van der Waals surface area (Å²) >= 11 is 11.5. The Morgan fingerprint density at radius 1 is 0.900 bits per heavy atom. The summed E-state index contributed by atoms with van der Waals surface area (Å²) in [5.74, 6) is 0. The summed E-state index contributed by atoms with van der Waals surface area (Å²) in [6.07, 6.45) is 0. The number of halogens is 3. The quantitative estimate of drug-likeness (QED) is 0.445. The van der Waals surface area contributed by atoms with Crippen molar-refractivity contribution < 1.29 is 0 Å². The SMILES string of the molecule is C[Si]1(Br)CC[Si](Br)(Br)CC1. The van der Waals surface area contributed by atoms with Crippen LogP contribution in [0.15, 0.2) is 0 Å². The minimum atomic E-state index is -1.05. The van der Waals surface area contributed by atoms with Gasteiger partial charge in [0, 0.05) is 0 Å². The number of hydrogen-bond donors (Lipinski definition) is 0. The van der Waals surface area contributed by atoms with Crippen LogP contribution in [0.3, 0.4) is 0 Å². The minimum Gasteiger partial charge on any atom is -0.127 e. The van der Waals surface area contributed by atoms with Crippen LogP contribution in [-0.4, -0.2) is 12.0 Å². The van der Waals surface area contributed by atoms with Crippen molar-refractivity contribution in [2.24, 2.45) is 0 Å². The maximum atomic E-state index is 3.86. The molecule has 1 aliphatic rings. The van der Waals surface area contributed by atoms with Crippen molar-refractivity contribution in [3.63, 3.8) is 0 Å². The van der Waals surface area contributed by atoms with E-state index in [0.29, 0.717) is 0 Å². The van der Waals surface area contributed by atoms with E-state index in [1.54, 1.807) is 0 Å². The van der Waals surface area contributed by atoms with Crippen molar-refractivity contribution in [3.8, 4) is 0 Å². The summed E-state index contributed by atoms with van der Waals surface area (Å²) in [6.45, 7) is 1.54. The van der Waals surface area contributed by atoms with E-state index in [2.05, 4.69) is 52.4 Å². The summed E-state index contributed by atoms with van der Waals surface area (Å²) in [7, 11) is 0. The molecule has 0 bridgehead atoms. The van der Waals surface area contributed by atoms with Gasteiger partial charge in [-0.1, -0.05) is 6.55 Å². The fourth-order valence-electron chi connectivity index (χ4n) is 1.14. The standard InChI is InChI=1S/C5H11Br3Si2/c1-9(6)2-4-10(7,8)5-3-9/h2-5H2,1H3. The van der Waals surface area contributed by atoms with Gasteiger partial charge in [0.05, 0.1) is 0 Å². The van der Waals surface area contributed by atoms with E-state index in [1.807, 2.05) is 0 Å². The molecule has 1 saturated heterocycles. The third kappa shape index (κ3) is 3.09. The summed E-state index contributed by atoms with van der Waals surface area (Å²) in [5.41, 5.74) is 0. The van der Waals surface area contributed by atoms with Crippen LogP contribution in [0.25, 0.3) is 0 Å². The predicted molar refractivity (Wildman–Crippen MR) is 63.4 cm³/mol. The highest BCUT2D eigenvalue weighted by atomic mass is 79.9. The van der Waals surface area contributed by atoms with E-state index < -0.39 is 12.0 Å². The second kappa shape index (κ2) is 3.32. The Kier molecular flexibility index (Phi) is 3.30.